The van der Waals surface area contributed by atoms with Gasteiger partial charge in [0.1, 0.15) is 6.04 Å². The van der Waals surface area contributed by atoms with Crippen LogP contribution in [-0.2, 0) is 32.6 Å². The summed E-state index contributed by atoms with van der Waals surface area (Å²) in [5, 5.41) is 3.44. The third-order valence-corrected chi connectivity index (χ3v) is 8.80. The van der Waals surface area contributed by atoms with E-state index in [1.54, 1.807) is 30.0 Å². The maximum atomic E-state index is 13.9. The summed E-state index contributed by atoms with van der Waals surface area (Å²) in [6.07, 6.45) is 2.59. The van der Waals surface area contributed by atoms with Crippen molar-refractivity contribution in [3.8, 4) is 0 Å². The normalized spacial score (nSPS) is 12.0. The van der Waals surface area contributed by atoms with Crippen LogP contribution in [0.1, 0.15) is 42.9 Å². The van der Waals surface area contributed by atoms with Gasteiger partial charge >= 0.3 is 0 Å². The summed E-state index contributed by atoms with van der Waals surface area (Å²) < 4.78 is 27.6. The second kappa shape index (κ2) is 15.4. The van der Waals surface area contributed by atoms with Crippen LogP contribution in [0.5, 0.6) is 0 Å². The molecule has 1 unspecified atom stereocenters. The first-order valence-corrected chi connectivity index (χ1v) is 16.6. The number of nitrogens with zero attached hydrogens (tertiary/aromatic N) is 2. The van der Waals surface area contributed by atoms with E-state index in [0.717, 1.165) is 28.3 Å². The summed E-state index contributed by atoms with van der Waals surface area (Å²) in [4.78, 5) is 29.0. The third-order valence-electron chi connectivity index (χ3n) is 6.72. The standard InChI is InChI=1S/C31H37BrClN3O4S/c1-4-18-34-31(38)29(21-24-11-6-5-7-12-24)35(22-25-13-8-14-26(32)20-25)30(37)17-10-19-36(41(3,39)40)28-16-9-15-27(33)23(28)2/h5-9,11-16,20,29H,4,10,17-19,21-22H2,1-3H3,(H,34,38). The van der Waals surface area contributed by atoms with Crippen molar-refractivity contribution in [2.75, 3.05) is 23.7 Å². The van der Waals surface area contributed by atoms with E-state index < -0.39 is 16.1 Å². The number of benzene rings is 3. The average molecular weight is 663 g/mol. The van der Waals surface area contributed by atoms with Crippen LogP contribution in [-0.4, -0.2) is 50.5 Å². The lowest BCUT2D eigenvalue weighted by molar-refractivity contribution is -0.141. The van der Waals surface area contributed by atoms with E-state index in [1.165, 1.54) is 4.31 Å². The van der Waals surface area contributed by atoms with Crippen molar-refractivity contribution in [3.63, 3.8) is 0 Å². The van der Waals surface area contributed by atoms with E-state index in [9.17, 15) is 18.0 Å². The lowest BCUT2D eigenvalue weighted by atomic mass is 10.0. The molecule has 3 rings (SSSR count). The van der Waals surface area contributed by atoms with Crippen LogP contribution in [0, 0.1) is 6.92 Å². The molecule has 1 N–H and O–H groups in total. The molecular weight excluding hydrogens is 626 g/mol. The van der Waals surface area contributed by atoms with Crippen LogP contribution in [0.2, 0.25) is 5.02 Å². The Hall–Kier alpha value is -2.88. The van der Waals surface area contributed by atoms with Crippen LogP contribution >= 0.6 is 27.5 Å². The Balaban J connectivity index is 1.89. The molecule has 0 aliphatic heterocycles. The molecule has 220 valence electrons. The Morgan fingerprint density at radius 1 is 1.00 bits per heavy atom. The van der Waals surface area contributed by atoms with E-state index in [-0.39, 0.29) is 37.7 Å². The lowest BCUT2D eigenvalue weighted by Crippen LogP contribution is -2.50. The predicted octanol–water partition coefficient (Wildman–Crippen LogP) is 6.12. The molecule has 0 heterocycles. The molecule has 3 aromatic rings. The molecule has 0 spiro atoms. The molecule has 0 saturated carbocycles. The molecule has 0 radical (unpaired) electrons. The zero-order valence-corrected chi connectivity index (χ0v) is 26.8. The van der Waals surface area contributed by atoms with E-state index in [2.05, 4.69) is 21.2 Å². The van der Waals surface area contributed by atoms with Gasteiger partial charge in [0, 0.05) is 42.0 Å². The molecule has 0 fully saturated rings. The number of halogens is 2. The van der Waals surface area contributed by atoms with Crippen molar-refractivity contribution in [2.45, 2.75) is 52.1 Å². The Bertz CT molecular complexity index is 1440. The minimum Gasteiger partial charge on any atom is -0.354 e. The molecule has 3 aromatic carbocycles. The molecule has 0 aliphatic rings. The third kappa shape index (κ3) is 9.58. The van der Waals surface area contributed by atoms with Gasteiger partial charge in [-0.25, -0.2) is 8.42 Å². The summed E-state index contributed by atoms with van der Waals surface area (Å²) in [6.45, 7) is 4.58. The van der Waals surface area contributed by atoms with Crippen LogP contribution < -0.4 is 9.62 Å². The monoisotopic (exact) mass is 661 g/mol. The number of rotatable bonds is 14. The Labute approximate surface area is 257 Å². The molecule has 0 bridgehead atoms. The SMILES string of the molecule is CCCNC(=O)C(Cc1ccccc1)N(Cc1cccc(Br)c1)C(=O)CCCN(c1cccc(Cl)c1C)S(C)(=O)=O. The molecule has 0 aliphatic carbocycles. The van der Waals surface area contributed by atoms with Crippen LogP contribution in [0.25, 0.3) is 0 Å². The minimum atomic E-state index is -3.63. The first kappa shape index (κ1) is 32.6. The number of hydrogen-bond acceptors (Lipinski definition) is 4. The molecular formula is C31H37BrClN3O4S. The number of carbonyl (C=O) groups excluding carboxylic acids is 2. The van der Waals surface area contributed by atoms with Gasteiger partial charge in [-0.1, -0.05) is 83.0 Å². The maximum Gasteiger partial charge on any atom is 0.243 e. The summed E-state index contributed by atoms with van der Waals surface area (Å²) in [7, 11) is -3.63. The Morgan fingerprint density at radius 3 is 2.34 bits per heavy atom. The number of carbonyl (C=O) groups is 2. The van der Waals surface area contributed by atoms with Crippen molar-refractivity contribution < 1.29 is 18.0 Å². The number of hydrogen-bond donors (Lipinski definition) is 1. The zero-order valence-electron chi connectivity index (χ0n) is 23.6. The van der Waals surface area contributed by atoms with Gasteiger partial charge in [-0.05, 0) is 60.7 Å². The van der Waals surface area contributed by atoms with E-state index >= 15 is 0 Å². The molecule has 10 heteroatoms. The molecule has 7 nitrogen and oxygen atoms in total. The van der Waals surface area contributed by atoms with Gasteiger partial charge in [-0.15, -0.1) is 0 Å². The summed E-state index contributed by atoms with van der Waals surface area (Å²) in [6, 6.07) is 21.6. The van der Waals surface area contributed by atoms with E-state index in [4.69, 9.17) is 11.6 Å². The summed E-state index contributed by atoms with van der Waals surface area (Å²) in [5.41, 5.74) is 2.95. The van der Waals surface area contributed by atoms with E-state index in [1.807, 2.05) is 61.5 Å². The van der Waals surface area contributed by atoms with Crippen molar-refractivity contribution in [1.82, 2.24) is 10.2 Å². The quantitative estimate of drug-likeness (QED) is 0.225. The molecule has 41 heavy (non-hydrogen) atoms. The number of sulfonamides is 1. The molecule has 1 atom stereocenters. The lowest BCUT2D eigenvalue weighted by Gasteiger charge is -2.32. The largest absolute Gasteiger partial charge is 0.354 e. The van der Waals surface area contributed by atoms with Crippen LogP contribution in [0.15, 0.2) is 77.3 Å². The summed E-state index contributed by atoms with van der Waals surface area (Å²) >= 11 is 9.76. The second-order valence-corrected chi connectivity index (χ2v) is 13.2. The van der Waals surface area contributed by atoms with Crippen LogP contribution in [0.4, 0.5) is 5.69 Å². The molecule has 2 amide bonds. The first-order valence-electron chi connectivity index (χ1n) is 13.6. The average Bonchev–Trinajstić information content (AvgIpc) is 2.93. The molecule has 0 aromatic heterocycles. The van der Waals surface area contributed by atoms with Gasteiger partial charge in [0.2, 0.25) is 21.8 Å². The van der Waals surface area contributed by atoms with Crippen molar-refractivity contribution in [2.24, 2.45) is 0 Å². The second-order valence-electron chi connectivity index (χ2n) is 9.97. The van der Waals surface area contributed by atoms with Crippen molar-refractivity contribution >= 4 is 55.1 Å². The number of anilines is 1. The van der Waals surface area contributed by atoms with Gasteiger partial charge in [0.25, 0.3) is 0 Å². The highest BCUT2D eigenvalue weighted by Crippen LogP contribution is 2.28. The van der Waals surface area contributed by atoms with Gasteiger partial charge in [0.05, 0.1) is 11.9 Å². The van der Waals surface area contributed by atoms with Crippen molar-refractivity contribution in [3.05, 3.63) is 99.0 Å². The van der Waals surface area contributed by atoms with Gasteiger partial charge in [-0.2, -0.15) is 0 Å². The van der Waals surface area contributed by atoms with Gasteiger partial charge < -0.3 is 10.2 Å². The Kier molecular flexibility index (Phi) is 12.2. The van der Waals surface area contributed by atoms with Crippen molar-refractivity contribution in [1.29, 1.82) is 0 Å². The summed E-state index contributed by atoms with van der Waals surface area (Å²) in [5.74, 6) is -0.444. The number of amides is 2. The maximum absolute atomic E-state index is 13.9. The highest BCUT2D eigenvalue weighted by Gasteiger charge is 2.30. The first-order chi connectivity index (χ1) is 19.5. The smallest absolute Gasteiger partial charge is 0.243 e. The van der Waals surface area contributed by atoms with E-state index in [0.29, 0.717) is 29.2 Å². The van der Waals surface area contributed by atoms with Gasteiger partial charge in [0.15, 0.2) is 0 Å². The zero-order chi connectivity index (χ0) is 30.0. The predicted molar refractivity (Wildman–Crippen MR) is 170 cm³/mol. The van der Waals surface area contributed by atoms with Crippen LogP contribution in [0.3, 0.4) is 0 Å². The highest BCUT2D eigenvalue weighted by atomic mass is 79.9. The van der Waals surface area contributed by atoms with Gasteiger partial charge in [-0.3, -0.25) is 13.9 Å². The Morgan fingerprint density at radius 2 is 1.68 bits per heavy atom. The molecule has 0 saturated heterocycles. The fourth-order valence-corrected chi connectivity index (χ4v) is 6.23. The highest BCUT2D eigenvalue weighted by molar-refractivity contribution is 9.10. The fraction of sp³-hybridized carbons (Fsp3) is 0.355. The number of nitrogens with one attached hydrogen (secondary N) is 1. The minimum absolute atomic E-state index is 0.0615. The topological polar surface area (TPSA) is 86.8 Å². The fourth-order valence-electron chi connectivity index (χ4n) is 4.60.